The molecule has 1 fully saturated rings. The highest BCUT2D eigenvalue weighted by Gasteiger charge is 2.34. The summed E-state index contributed by atoms with van der Waals surface area (Å²) in [5.41, 5.74) is 1.56. The first kappa shape index (κ1) is 9.21. The third-order valence-corrected chi connectivity index (χ3v) is 2.67. The fourth-order valence-corrected chi connectivity index (χ4v) is 1.59. The molecule has 0 saturated carbocycles. The van der Waals surface area contributed by atoms with Gasteiger partial charge < -0.3 is 9.84 Å². The van der Waals surface area contributed by atoms with Crippen molar-refractivity contribution in [2.75, 3.05) is 13.2 Å². The standard InChI is InChI=1S/C11H12O3/c1-11(6-14-7-11)9-4-2-8(3-5-9)10(12)13/h2-5H,6-7H2,1H3,(H,12,13). The third-order valence-electron chi connectivity index (χ3n) is 2.67. The van der Waals surface area contributed by atoms with Gasteiger partial charge in [0.05, 0.1) is 18.8 Å². The van der Waals surface area contributed by atoms with Crippen LogP contribution >= 0.6 is 0 Å². The van der Waals surface area contributed by atoms with Gasteiger partial charge in [-0.15, -0.1) is 0 Å². The number of hydrogen-bond donors (Lipinski definition) is 1. The second-order valence-electron chi connectivity index (χ2n) is 3.94. The summed E-state index contributed by atoms with van der Waals surface area (Å²) in [5.74, 6) is -0.883. The van der Waals surface area contributed by atoms with E-state index in [1.807, 2.05) is 12.1 Å². The molecule has 2 rings (SSSR count). The molecule has 1 heterocycles. The maximum atomic E-state index is 10.6. The van der Waals surface area contributed by atoms with E-state index in [4.69, 9.17) is 9.84 Å². The van der Waals surface area contributed by atoms with E-state index in [0.29, 0.717) is 5.56 Å². The Hall–Kier alpha value is -1.35. The predicted octanol–water partition coefficient (Wildman–Crippen LogP) is 1.67. The number of hydrogen-bond acceptors (Lipinski definition) is 2. The minimum absolute atomic E-state index is 0.0804. The molecule has 1 aliphatic heterocycles. The Balaban J connectivity index is 2.25. The molecule has 0 unspecified atom stereocenters. The van der Waals surface area contributed by atoms with Crippen LogP contribution in [0.15, 0.2) is 24.3 Å². The van der Waals surface area contributed by atoms with Crippen LogP contribution in [-0.2, 0) is 10.2 Å². The molecule has 0 radical (unpaired) electrons. The van der Waals surface area contributed by atoms with Gasteiger partial charge in [0.2, 0.25) is 0 Å². The van der Waals surface area contributed by atoms with Crippen molar-refractivity contribution in [2.24, 2.45) is 0 Å². The fourth-order valence-electron chi connectivity index (χ4n) is 1.59. The average molecular weight is 192 g/mol. The third kappa shape index (κ3) is 1.40. The molecule has 1 aromatic carbocycles. The van der Waals surface area contributed by atoms with E-state index in [1.54, 1.807) is 12.1 Å². The highest BCUT2D eigenvalue weighted by molar-refractivity contribution is 5.87. The molecule has 0 bridgehead atoms. The molecule has 74 valence electrons. The Kier molecular flexibility index (Phi) is 2.04. The van der Waals surface area contributed by atoms with Gasteiger partial charge in [0.25, 0.3) is 0 Å². The summed E-state index contributed by atoms with van der Waals surface area (Å²) in [7, 11) is 0. The van der Waals surface area contributed by atoms with Gasteiger partial charge >= 0.3 is 5.97 Å². The van der Waals surface area contributed by atoms with Crippen molar-refractivity contribution < 1.29 is 14.6 Å². The lowest BCUT2D eigenvalue weighted by atomic mass is 9.80. The van der Waals surface area contributed by atoms with Gasteiger partial charge in [-0.1, -0.05) is 19.1 Å². The van der Waals surface area contributed by atoms with E-state index in [0.717, 1.165) is 18.8 Å². The maximum Gasteiger partial charge on any atom is 0.335 e. The Morgan fingerprint density at radius 3 is 2.29 bits per heavy atom. The molecule has 0 spiro atoms. The SMILES string of the molecule is CC1(c2ccc(C(=O)O)cc2)COC1. The number of carbonyl (C=O) groups is 1. The molecule has 0 amide bonds. The van der Waals surface area contributed by atoms with E-state index >= 15 is 0 Å². The van der Waals surface area contributed by atoms with Crippen molar-refractivity contribution in [3.05, 3.63) is 35.4 Å². The first-order valence-corrected chi connectivity index (χ1v) is 4.53. The second-order valence-corrected chi connectivity index (χ2v) is 3.94. The lowest BCUT2D eigenvalue weighted by Crippen LogP contribution is -2.43. The molecule has 1 aromatic rings. The number of carboxylic acid groups (broad SMARTS) is 1. The molecule has 3 nitrogen and oxygen atoms in total. The van der Waals surface area contributed by atoms with E-state index in [2.05, 4.69) is 6.92 Å². The van der Waals surface area contributed by atoms with Crippen LogP contribution in [0.2, 0.25) is 0 Å². The molecule has 1 N–H and O–H groups in total. The van der Waals surface area contributed by atoms with E-state index in [9.17, 15) is 4.79 Å². The molecule has 0 aromatic heterocycles. The zero-order valence-electron chi connectivity index (χ0n) is 7.99. The number of carboxylic acids is 1. The second kappa shape index (κ2) is 3.10. The van der Waals surface area contributed by atoms with E-state index in [1.165, 1.54) is 0 Å². The molecular formula is C11H12O3. The van der Waals surface area contributed by atoms with Crippen LogP contribution in [0.5, 0.6) is 0 Å². The summed E-state index contributed by atoms with van der Waals surface area (Å²) in [6, 6.07) is 7.01. The van der Waals surface area contributed by atoms with Gasteiger partial charge in [0.15, 0.2) is 0 Å². The van der Waals surface area contributed by atoms with E-state index < -0.39 is 5.97 Å². The highest BCUT2D eigenvalue weighted by atomic mass is 16.5. The molecule has 0 aliphatic carbocycles. The largest absolute Gasteiger partial charge is 0.478 e. The minimum Gasteiger partial charge on any atom is -0.478 e. The monoisotopic (exact) mass is 192 g/mol. The Morgan fingerprint density at radius 2 is 1.93 bits per heavy atom. The summed E-state index contributed by atoms with van der Waals surface area (Å²) in [6.45, 7) is 3.56. The lowest BCUT2D eigenvalue weighted by molar-refractivity contribution is -0.0500. The number of benzene rings is 1. The van der Waals surface area contributed by atoms with Crippen LogP contribution in [0.3, 0.4) is 0 Å². The van der Waals surface area contributed by atoms with Gasteiger partial charge in [0, 0.05) is 5.41 Å². The quantitative estimate of drug-likeness (QED) is 0.775. The Morgan fingerprint density at radius 1 is 1.36 bits per heavy atom. The molecule has 1 saturated heterocycles. The topological polar surface area (TPSA) is 46.5 Å². The van der Waals surface area contributed by atoms with Gasteiger partial charge in [-0.05, 0) is 17.7 Å². The summed E-state index contributed by atoms with van der Waals surface area (Å²) in [6.07, 6.45) is 0. The van der Waals surface area contributed by atoms with Gasteiger partial charge in [-0.3, -0.25) is 0 Å². The van der Waals surface area contributed by atoms with Crippen molar-refractivity contribution >= 4 is 5.97 Å². The van der Waals surface area contributed by atoms with Crippen molar-refractivity contribution in [2.45, 2.75) is 12.3 Å². The zero-order chi connectivity index (χ0) is 10.2. The van der Waals surface area contributed by atoms with Gasteiger partial charge in [-0.25, -0.2) is 4.79 Å². The van der Waals surface area contributed by atoms with Crippen molar-refractivity contribution in [3.63, 3.8) is 0 Å². The zero-order valence-corrected chi connectivity index (χ0v) is 7.99. The normalized spacial score (nSPS) is 18.6. The van der Waals surface area contributed by atoms with Crippen LogP contribution < -0.4 is 0 Å². The smallest absolute Gasteiger partial charge is 0.335 e. The number of ether oxygens (including phenoxy) is 1. The average Bonchev–Trinajstić information content (AvgIpc) is 2.14. The lowest BCUT2D eigenvalue weighted by Gasteiger charge is -2.38. The summed E-state index contributed by atoms with van der Waals surface area (Å²) in [5, 5.41) is 8.73. The van der Waals surface area contributed by atoms with Crippen molar-refractivity contribution in [1.29, 1.82) is 0 Å². The van der Waals surface area contributed by atoms with Crippen molar-refractivity contribution in [1.82, 2.24) is 0 Å². The van der Waals surface area contributed by atoms with Crippen LogP contribution in [-0.4, -0.2) is 24.3 Å². The highest BCUT2D eigenvalue weighted by Crippen LogP contribution is 2.31. The molecule has 3 heteroatoms. The van der Waals surface area contributed by atoms with Crippen molar-refractivity contribution in [3.8, 4) is 0 Å². The molecule has 1 aliphatic rings. The first-order valence-electron chi connectivity index (χ1n) is 4.53. The molecule has 14 heavy (non-hydrogen) atoms. The van der Waals surface area contributed by atoms with Crippen LogP contribution in [0, 0.1) is 0 Å². The molecule has 0 atom stereocenters. The van der Waals surface area contributed by atoms with Gasteiger partial charge in [-0.2, -0.15) is 0 Å². The Labute approximate surface area is 82.3 Å². The van der Waals surface area contributed by atoms with Crippen LogP contribution in [0.25, 0.3) is 0 Å². The minimum atomic E-state index is -0.883. The van der Waals surface area contributed by atoms with Gasteiger partial charge in [0.1, 0.15) is 0 Å². The fraction of sp³-hybridized carbons (Fsp3) is 0.364. The summed E-state index contributed by atoms with van der Waals surface area (Å²) < 4.78 is 5.15. The predicted molar refractivity (Wildman–Crippen MR) is 51.6 cm³/mol. The van der Waals surface area contributed by atoms with Crippen LogP contribution in [0.4, 0.5) is 0 Å². The maximum absolute atomic E-state index is 10.6. The van der Waals surface area contributed by atoms with E-state index in [-0.39, 0.29) is 5.41 Å². The molecular weight excluding hydrogens is 180 g/mol. The summed E-state index contributed by atoms with van der Waals surface area (Å²) in [4.78, 5) is 10.6. The Bertz CT molecular complexity index is 349. The first-order chi connectivity index (χ1) is 6.62. The summed E-state index contributed by atoms with van der Waals surface area (Å²) >= 11 is 0. The number of aromatic carboxylic acids is 1. The number of rotatable bonds is 2. The van der Waals surface area contributed by atoms with Crippen LogP contribution in [0.1, 0.15) is 22.8 Å².